The van der Waals surface area contributed by atoms with Crippen LogP contribution in [-0.4, -0.2) is 118 Å². The van der Waals surface area contributed by atoms with E-state index in [0.717, 1.165) is 69.7 Å². The van der Waals surface area contributed by atoms with Crippen LogP contribution in [0.5, 0.6) is 5.75 Å². The van der Waals surface area contributed by atoms with Gasteiger partial charge in [-0.05, 0) is 69.5 Å². The first kappa shape index (κ1) is 45.8. The van der Waals surface area contributed by atoms with Crippen LogP contribution in [-0.2, 0) is 19.2 Å². The second kappa shape index (κ2) is 21.2. The van der Waals surface area contributed by atoms with Crippen LogP contribution in [0.4, 0.5) is 43.7 Å². The fraction of sp³-hybridized carbons (Fsp3) is 0.568. The number of aliphatic carboxylic acids is 2. The summed E-state index contributed by atoms with van der Waals surface area (Å²) in [5.74, 6) is -3.12. The highest BCUT2D eigenvalue weighted by atomic mass is 35.5. The van der Waals surface area contributed by atoms with Gasteiger partial charge in [-0.15, -0.1) is 0 Å². The lowest BCUT2D eigenvalue weighted by atomic mass is 10.0. The van der Waals surface area contributed by atoms with Gasteiger partial charge in [0.1, 0.15) is 29.8 Å². The van der Waals surface area contributed by atoms with Crippen molar-refractivity contribution in [1.29, 1.82) is 0 Å². The smallest absolute Gasteiger partial charge is 0.489 e. The van der Waals surface area contributed by atoms with E-state index in [-0.39, 0.29) is 17.9 Å². The average Bonchev–Trinajstić information content (AvgIpc) is 3.63. The molecule has 2 amide bonds. The molecule has 58 heavy (non-hydrogen) atoms. The number of hydrogen-bond donors (Lipinski definition) is 5. The van der Waals surface area contributed by atoms with Crippen LogP contribution in [0.1, 0.15) is 69.8 Å². The summed E-state index contributed by atoms with van der Waals surface area (Å²) in [4.78, 5) is 57.0. The van der Waals surface area contributed by atoms with Gasteiger partial charge in [0.25, 0.3) is 0 Å². The van der Waals surface area contributed by atoms with Crippen LogP contribution in [0, 0.1) is 5.92 Å². The molecule has 21 heteroatoms. The third kappa shape index (κ3) is 14.2. The predicted molar refractivity (Wildman–Crippen MR) is 201 cm³/mol. The summed E-state index contributed by atoms with van der Waals surface area (Å²) in [6.07, 6.45) is 3.63. The van der Waals surface area contributed by atoms with Crippen LogP contribution in [0.15, 0.2) is 30.1 Å². The second-order valence-electron chi connectivity index (χ2n) is 14.0. The highest BCUT2D eigenvalue weighted by Crippen LogP contribution is 2.34. The van der Waals surface area contributed by atoms with Gasteiger partial charge < -0.3 is 40.7 Å². The Morgan fingerprint density at radius 3 is 2.09 bits per heavy atom. The zero-order valence-corrected chi connectivity index (χ0v) is 32.2. The van der Waals surface area contributed by atoms with Gasteiger partial charge in [0.05, 0.1) is 10.6 Å². The van der Waals surface area contributed by atoms with E-state index in [1.165, 1.54) is 38.4 Å². The summed E-state index contributed by atoms with van der Waals surface area (Å²) in [5.41, 5.74) is 2.19. The number of piperidine rings is 2. The van der Waals surface area contributed by atoms with Gasteiger partial charge in [0, 0.05) is 62.7 Å². The molecule has 0 unspecified atom stereocenters. The van der Waals surface area contributed by atoms with E-state index < -0.39 is 24.3 Å². The van der Waals surface area contributed by atoms with Crippen molar-refractivity contribution in [1.82, 2.24) is 25.1 Å². The average molecular weight is 850 g/mol. The number of amides is 2. The topological polar surface area (TPSA) is 186 Å². The molecule has 2 saturated heterocycles. The summed E-state index contributed by atoms with van der Waals surface area (Å²) in [5, 5.41) is 24.6. The molecule has 5 N–H and O–H groups in total. The van der Waals surface area contributed by atoms with E-state index in [9.17, 15) is 35.9 Å². The van der Waals surface area contributed by atoms with Crippen molar-refractivity contribution in [2.75, 3.05) is 56.4 Å². The maximum atomic E-state index is 13.1. The first-order valence-corrected chi connectivity index (χ1v) is 19.2. The Labute approximate surface area is 335 Å². The SMILES string of the molecule is O=C(NCCN1CCCCC1)C1=Cc2c(ncnc2Nc2ccc(OC3CCN(C(=O)C4CCCC4)CC3)c(Cl)c2)NCC1.O=C(O)C(F)(F)F.O=C(O)C(F)(F)F. The summed E-state index contributed by atoms with van der Waals surface area (Å²) in [6, 6.07) is 5.61. The van der Waals surface area contributed by atoms with Gasteiger partial charge in [-0.1, -0.05) is 30.9 Å². The van der Waals surface area contributed by atoms with Crippen LogP contribution in [0.2, 0.25) is 5.02 Å². The number of nitrogens with one attached hydrogen (secondary N) is 3. The molecule has 1 saturated carbocycles. The highest BCUT2D eigenvalue weighted by molar-refractivity contribution is 6.32. The van der Waals surface area contributed by atoms with Crippen molar-refractivity contribution in [3.8, 4) is 5.75 Å². The molecule has 0 spiro atoms. The molecule has 320 valence electrons. The lowest BCUT2D eigenvalue weighted by Gasteiger charge is -2.33. The molecule has 3 aliphatic heterocycles. The molecule has 2 aromatic rings. The van der Waals surface area contributed by atoms with E-state index in [0.29, 0.717) is 53.4 Å². The first-order valence-electron chi connectivity index (χ1n) is 18.8. The lowest BCUT2D eigenvalue weighted by molar-refractivity contribution is -0.193. The summed E-state index contributed by atoms with van der Waals surface area (Å²) in [6.45, 7) is 5.82. The van der Waals surface area contributed by atoms with Gasteiger partial charge in [-0.2, -0.15) is 26.3 Å². The third-order valence-electron chi connectivity index (χ3n) is 9.77. The molecule has 6 rings (SSSR count). The molecule has 14 nitrogen and oxygen atoms in total. The highest BCUT2D eigenvalue weighted by Gasteiger charge is 2.39. The Balaban J connectivity index is 0.000000456. The number of fused-ring (bicyclic) bond motifs is 1. The Morgan fingerprint density at radius 2 is 1.50 bits per heavy atom. The Kier molecular flexibility index (Phi) is 16.8. The minimum Gasteiger partial charge on any atom is -0.489 e. The Morgan fingerprint density at radius 1 is 0.879 bits per heavy atom. The number of alkyl halides is 6. The van der Waals surface area contributed by atoms with Gasteiger partial charge in [0.2, 0.25) is 11.8 Å². The number of carbonyl (C=O) groups excluding carboxylic acids is 2. The standard InChI is InChI=1S/C33H44ClN7O3.2C2HF3O2/c34-28-21-25(8-9-29(28)44-26-11-17-41(18-12-26)33(43)23-6-2-3-7-23)39-31-27-20-24(10-13-35-30(27)37-22-38-31)32(42)36-14-19-40-15-4-1-5-16-40;2*3-2(4,5)1(6)7/h8-9,20-23,26H,1-7,10-19H2,(H,36,42)(H2,35,37,38,39);2*(H,6,7). The van der Waals surface area contributed by atoms with Crippen LogP contribution < -0.4 is 20.7 Å². The molecular weight excluding hydrogens is 804 g/mol. The third-order valence-corrected chi connectivity index (χ3v) is 10.1. The maximum Gasteiger partial charge on any atom is 0.490 e. The molecule has 1 aromatic carbocycles. The fourth-order valence-corrected chi connectivity index (χ4v) is 6.98. The van der Waals surface area contributed by atoms with E-state index >= 15 is 0 Å². The number of nitrogens with zero attached hydrogens (tertiary/aromatic N) is 4. The predicted octanol–water partition coefficient (Wildman–Crippen LogP) is 6.50. The zero-order chi connectivity index (χ0) is 42.5. The van der Waals surface area contributed by atoms with Gasteiger partial charge in [-0.25, -0.2) is 19.6 Å². The van der Waals surface area contributed by atoms with Gasteiger partial charge in [0.15, 0.2) is 0 Å². The number of aromatic nitrogens is 2. The van der Waals surface area contributed by atoms with Gasteiger partial charge in [-0.3, -0.25) is 9.59 Å². The second-order valence-corrected chi connectivity index (χ2v) is 14.4. The Bertz CT molecular complexity index is 1740. The van der Waals surface area contributed by atoms with Crippen molar-refractivity contribution < 1.29 is 60.5 Å². The summed E-state index contributed by atoms with van der Waals surface area (Å²) < 4.78 is 69.7. The van der Waals surface area contributed by atoms with Crippen LogP contribution >= 0.6 is 11.6 Å². The maximum absolute atomic E-state index is 13.1. The quantitative estimate of drug-likeness (QED) is 0.173. The Hall–Kier alpha value is -4.85. The summed E-state index contributed by atoms with van der Waals surface area (Å²) in [7, 11) is 0. The number of carboxylic acid groups (broad SMARTS) is 2. The fourth-order valence-electron chi connectivity index (χ4n) is 6.75. The van der Waals surface area contributed by atoms with Crippen molar-refractivity contribution >= 4 is 58.8 Å². The van der Waals surface area contributed by atoms with E-state index in [1.54, 1.807) is 0 Å². The normalized spacial score (nSPS) is 17.8. The lowest BCUT2D eigenvalue weighted by Crippen LogP contribution is -2.44. The van der Waals surface area contributed by atoms with Crippen molar-refractivity contribution in [2.24, 2.45) is 5.92 Å². The number of benzene rings is 1. The van der Waals surface area contributed by atoms with Crippen molar-refractivity contribution in [3.63, 3.8) is 0 Å². The monoisotopic (exact) mass is 849 g/mol. The number of rotatable bonds is 9. The molecule has 4 heterocycles. The molecule has 1 aromatic heterocycles. The minimum atomic E-state index is -5.08. The van der Waals surface area contributed by atoms with Crippen molar-refractivity contribution in [3.05, 3.63) is 40.7 Å². The number of halogens is 7. The van der Waals surface area contributed by atoms with Gasteiger partial charge >= 0.3 is 24.3 Å². The van der Waals surface area contributed by atoms with Crippen LogP contribution in [0.25, 0.3) is 6.08 Å². The van der Waals surface area contributed by atoms with E-state index in [1.807, 2.05) is 29.2 Å². The number of carbonyl (C=O) groups is 4. The molecule has 3 fully saturated rings. The number of ether oxygens (including phenoxy) is 1. The number of likely N-dealkylation sites (tertiary alicyclic amines) is 2. The zero-order valence-electron chi connectivity index (χ0n) is 31.4. The molecule has 4 aliphatic rings. The molecule has 0 bridgehead atoms. The first-order chi connectivity index (χ1) is 27.4. The number of anilines is 3. The largest absolute Gasteiger partial charge is 0.490 e. The number of carboxylic acids is 2. The molecule has 1 aliphatic carbocycles. The molecule has 0 radical (unpaired) electrons. The number of hydrogen-bond acceptors (Lipinski definition) is 10. The van der Waals surface area contributed by atoms with Crippen molar-refractivity contribution in [2.45, 2.75) is 82.7 Å². The van der Waals surface area contributed by atoms with E-state index in [4.69, 9.17) is 36.1 Å². The van der Waals surface area contributed by atoms with E-state index in [2.05, 4.69) is 30.8 Å². The molecular formula is C37H46ClF6N7O7. The van der Waals surface area contributed by atoms with Crippen LogP contribution in [0.3, 0.4) is 0 Å². The summed E-state index contributed by atoms with van der Waals surface area (Å²) >= 11 is 6.68. The minimum absolute atomic E-state index is 0.0252. The molecule has 0 atom stereocenters.